The van der Waals surface area contributed by atoms with E-state index in [1.807, 2.05) is 30.3 Å². The van der Waals surface area contributed by atoms with Crippen LogP contribution >= 0.6 is 0 Å². The van der Waals surface area contributed by atoms with E-state index >= 15 is 0 Å². The van der Waals surface area contributed by atoms with Gasteiger partial charge in [-0.25, -0.2) is 0 Å². The number of aliphatic hydroxyl groups is 1. The first kappa shape index (κ1) is 18.0. The summed E-state index contributed by atoms with van der Waals surface area (Å²) in [6.45, 7) is 2.18. The van der Waals surface area contributed by atoms with Gasteiger partial charge in [-0.1, -0.05) is 97.9 Å². The highest BCUT2D eigenvalue weighted by atomic mass is 16.3. The lowest BCUT2D eigenvalue weighted by Gasteiger charge is -2.48. The molecule has 138 valence electrons. The van der Waals surface area contributed by atoms with Crippen LogP contribution < -0.4 is 5.32 Å². The van der Waals surface area contributed by atoms with Crippen molar-refractivity contribution in [3.63, 3.8) is 0 Å². The molecule has 2 nitrogen and oxygen atoms in total. The van der Waals surface area contributed by atoms with Crippen molar-refractivity contribution in [2.75, 3.05) is 0 Å². The van der Waals surface area contributed by atoms with Crippen molar-refractivity contribution in [3.05, 3.63) is 108 Å². The summed E-state index contributed by atoms with van der Waals surface area (Å²) >= 11 is 0. The third kappa shape index (κ3) is 3.83. The average molecular weight is 357 g/mol. The highest BCUT2D eigenvalue weighted by Crippen LogP contribution is 2.44. The summed E-state index contributed by atoms with van der Waals surface area (Å²) in [5, 5.41) is 15.6. The van der Waals surface area contributed by atoms with Crippen LogP contribution in [0.3, 0.4) is 0 Å². The Balaban J connectivity index is 1.70. The largest absolute Gasteiger partial charge is 0.389 e. The Hall–Kier alpha value is -2.42. The fraction of sp³-hybridized carbons (Fsp3) is 0.280. The molecule has 1 heterocycles. The second kappa shape index (κ2) is 7.67. The van der Waals surface area contributed by atoms with Gasteiger partial charge in [-0.15, -0.1) is 0 Å². The molecule has 1 aliphatic rings. The molecule has 3 aromatic carbocycles. The minimum absolute atomic E-state index is 0.0973. The highest BCUT2D eigenvalue weighted by molar-refractivity contribution is 5.28. The zero-order valence-corrected chi connectivity index (χ0v) is 15.8. The highest BCUT2D eigenvalue weighted by Gasteiger charge is 2.45. The van der Waals surface area contributed by atoms with Gasteiger partial charge in [0, 0.05) is 24.4 Å². The third-order valence-electron chi connectivity index (χ3n) is 6.00. The summed E-state index contributed by atoms with van der Waals surface area (Å²) in [4.78, 5) is 0. The van der Waals surface area contributed by atoms with E-state index in [-0.39, 0.29) is 18.0 Å². The zero-order valence-electron chi connectivity index (χ0n) is 15.8. The maximum Gasteiger partial charge on any atom is 0.0749 e. The fourth-order valence-electron chi connectivity index (χ4n) is 4.40. The molecule has 4 atom stereocenters. The van der Waals surface area contributed by atoms with Crippen LogP contribution in [0.25, 0.3) is 0 Å². The standard InChI is InChI=1S/C25H27NO/c1-19-24(22-15-9-4-10-16-22)26-23(21-13-7-3-8-14-21)18-25(19,27)17-20-11-5-2-6-12-20/h2-16,19,23-24,26-27H,17-18H2,1H3/t19-,23+,24-,25+/m1/s1. The first-order valence-electron chi connectivity index (χ1n) is 9.78. The number of nitrogens with one attached hydrogen (secondary N) is 1. The lowest BCUT2D eigenvalue weighted by atomic mass is 9.69. The van der Waals surface area contributed by atoms with E-state index in [2.05, 4.69) is 72.9 Å². The third-order valence-corrected chi connectivity index (χ3v) is 6.00. The lowest BCUT2D eigenvalue weighted by Crippen LogP contribution is -2.53. The molecule has 27 heavy (non-hydrogen) atoms. The van der Waals surface area contributed by atoms with E-state index in [1.165, 1.54) is 16.7 Å². The van der Waals surface area contributed by atoms with Crippen molar-refractivity contribution in [2.24, 2.45) is 5.92 Å². The Bertz CT molecular complexity index is 849. The van der Waals surface area contributed by atoms with E-state index in [4.69, 9.17) is 0 Å². The van der Waals surface area contributed by atoms with Crippen molar-refractivity contribution in [1.82, 2.24) is 5.32 Å². The molecule has 1 saturated heterocycles. The van der Waals surface area contributed by atoms with Crippen LogP contribution in [-0.4, -0.2) is 10.7 Å². The molecular weight excluding hydrogens is 330 g/mol. The van der Waals surface area contributed by atoms with Gasteiger partial charge in [0.25, 0.3) is 0 Å². The molecule has 1 aliphatic heterocycles. The summed E-state index contributed by atoms with van der Waals surface area (Å²) in [6.07, 6.45) is 1.37. The van der Waals surface area contributed by atoms with Gasteiger partial charge in [-0.05, 0) is 23.1 Å². The Morgan fingerprint density at radius 1 is 0.815 bits per heavy atom. The van der Waals surface area contributed by atoms with E-state index in [0.717, 1.165) is 0 Å². The molecule has 4 rings (SSSR count). The van der Waals surface area contributed by atoms with Crippen LogP contribution in [0.15, 0.2) is 91.0 Å². The number of hydrogen-bond donors (Lipinski definition) is 2. The van der Waals surface area contributed by atoms with E-state index in [0.29, 0.717) is 12.8 Å². The maximum atomic E-state index is 11.8. The zero-order chi connectivity index (χ0) is 18.7. The van der Waals surface area contributed by atoms with Crippen LogP contribution in [0.4, 0.5) is 0 Å². The Labute approximate surface area is 161 Å². The van der Waals surface area contributed by atoms with Crippen LogP contribution in [0.5, 0.6) is 0 Å². The summed E-state index contributed by atoms with van der Waals surface area (Å²) in [7, 11) is 0. The van der Waals surface area contributed by atoms with E-state index in [9.17, 15) is 5.11 Å². The van der Waals surface area contributed by atoms with Crippen molar-refractivity contribution in [1.29, 1.82) is 0 Å². The molecule has 0 radical (unpaired) electrons. The number of piperidine rings is 1. The molecule has 0 aliphatic carbocycles. The van der Waals surface area contributed by atoms with Gasteiger partial charge in [0.1, 0.15) is 0 Å². The summed E-state index contributed by atoms with van der Waals surface area (Å²) in [5.74, 6) is 0.0973. The van der Waals surface area contributed by atoms with Gasteiger partial charge in [-0.2, -0.15) is 0 Å². The predicted molar refractivity (Wildman–Crippen MR) is 110 cm³/mol. The average Bonchev–Trinajstić information content (AvgIpc) is 2.72. The molecule has 0 spiro atoms. The van der Waals surface area contributed by atoms with Gasteiger partial charge in [0.05, 0.1) is 5.60 Å². The lowest BCUT2D eigenvalue weighted by molar-refractivity contribution is -0.0674. The molecule has 1 fully saturated rings. The van der Waals surface area contributed by atoms with Crippen LogP contribution in [-0.2, 0) is 6.42 Å². The monoisotopic (exact) mass is 357 g/mol. The van der Waals surface area contributed by atoms with Crippen LogP contribution in [0, 0.1) is 5.92 Å². The topological polar surface area (TPSA) is 32.3 Å². The molecular formula is C25H27NO. The summed E-state index contributed by atoms with van der Waals surface area (Å²) in [5.41, 5.74) is 2.88. The molecule has 0 amide bonds. The van der Waals surface area contributed by atoms with Gasteiger partial charge < -0.3 is 10.4 Å². The maximum absolute atomic E-state index is 11.8. The minimum Gasteiger partial charge on any atom is -0.389 e. The van der Waals surface area contributed by atoms with E-state index in [1.54, 1.807) is 0 Å². The number of hydrogen-bond acceptors (Lipinski definition) is 2. The molecule has 0 unspecified atom stereocenters. The van der Waals surface area contributed by atoms with Crippen LogP contribution in [0.2, 0.25) is 0 Å². The molecule has 0 aromatic heterocycles. The fourth-order valence-corrected chi connectivity index (χ4v) is 4.40. The molecule has 0 saturated carbocycles. The normalized spacial score (nSPS) is 28.0. The first-order chi connectivity index (χ1) is 13.2. The van der Waals surface area contributed by atoms with Gasteiger partial charge in [-0.3, -0.25) is 0 Å². The van der Waals surface area contributed by atoms with Gasteiger partial charge >= 0.3 is 0 Å². The van der Waals surface area contributed by atoms with Crippen molar-refractivity contribution in [2.45, 2.75) is 37.5 Å². The molecule has 2 heteroatoms. The van der Waals surface area contributed by atoms with E-state index < -0.39 is 5.60 Å². The van der Waals surface area contributed by atoms with Gasteiger partial charge in [0.15, 0.2) is 0 Å². The molecule has 2 N–H and O–H groups in total. The quantitative estimate of drug-likeness (QED) is 0.683. The van der Waals surface area contributed by atoms with Gasteiger partial charge in [0.2, 0.25) is 0 Å². The Morgan fingerprint density at radius 3 is 1.93 bits per heavy atom. The Morgan fingerprint density at radius 2 is 1.33 bits per heavy atom. The number of benzene rings is 3. The van der Waals surface area contributed by atoms with Crippen LogP contribution in [0.1, 0.15) is 42.1 Å². The molecule has 3 aromatic rings. The second-order valence-electron chi connectivity index (χ2n) is 7.78. The van der Waals surface area contributed by atoms with Crippen molar-refractivity contribution < 1.29 is 5.11 Å². The second-order valence-corrected chi connectivity index (χ2v) is 7.78. The van der Waals surface area contributed by atoms with Crippen molar-refractivity contribution >= 4 is 0 Å². The summed E-state index contributed by atoms with van der Waals surface area (Å²) < 4.78 is 0. The minimum atomic E-state index is -0.770. The van der Waals surface area contributed by atoms with Crippen molar-refractivity contribution in [3.8, 4) is 0 Å². The first-order valence-corrected chi connectivity index (χ1v) is 9.78. The summed E-state index contributed by atoms with van der Waals surface area (Å²) in [6, 6.07) is 31.6. The molecule has 0 bridgehead atoms. The Kier molecular flexibility index (Phi) is 5.11. The predicted octanol–water partition coefficient (Wildman–Crippen LogP) is 5.07. The number of rotatable bonds is 4. The SMILES string of the molecule is C[C@@H]1[C@H](c2ccccc2)N[C@H](c2ccccc2)C[C@@]1(O)Cc1ccccc1. The smallest absolute Gasteiger partial charge is 0.0749 e.